The average Bonchev–Trinajstić information content (AvgIpc) is 2.52. The Labute approximate surface area is 132 Å². The molecule has 0 aliphatic carbocycles. The van der Waals surface area contributed by atoms with Crippen LogP contribution in [0.3, 0.4) is 0 Å². The Hall–Kier alpha value is -1.06. The molecule has 1 heterocycles. The summed E-state index contributed by atoms with van der Waals surface area (Å²) in [5.74, 6) is 0.163. The zero-order chi connectivity index (χ0) is 15.1. The van der Waals surface area contributed by atoms with Crippen LogP contribution in [0.25, 0.3) is 0 Å². The summed E-state index contributed by atoms with van der Waals surface area (Å²) in [6.07, 6.45) is 5.52. The van der Waals surface area contributed by atoms with Crippen LogP contribution in [0.2, 0.25) is 5.02 Å². The van der Waals surface area contributed by atoms with Crippen molar-refractivity contribution in [3.63, 3.8) is 0 Å². The second kappa shape index (κ2) is 8.40. The van der Waals surface area contributed by atoms with Crippen LogP contribution in [-0.2, 0) is 4.79 Å². The molecule has 0 N–H and O–H groups in total. The number of rotatable bonds is 6. The van der Waals surface area contributed by atoms with Gasteiger partial charge in [0.15, 0.2) is 0 Å². The lowest BCUT2D eigenvalue weighted by Crippen LogP contribution is -2.35. The van der Waals surface area contributed by atoms with Crippen LogP contribution in [0.1, 0.15) is 39.0 Å². The predicted octanol–water partition coefficient (Wildman–Crippen LogP) is 3.96. The third-order valence-electron chi connectivity index (χ3n) is 4.03. The molecule has 1 aromatic carbocycles. The molecular formula is C17H25ClN2O. The number of carbonyl (C=O) groups is 1. The SMILES string of the molecule is CCC(=O)N(CCCN1CCCCC1)c1cccc(Cl)c1. The molecule has 0 unspecified atom stereocenters. The number of likely N-dealkylation sites (tertiary alicyclic amines) is 1. The van der Waals surface area contributed by atoms with Gasteiger partial charge in [0.25, 0.3) is 0 Å². The molecule has 0 radical (unpaired) electrons. The highest BCUT2D eigenvalue weighted by Gasteiger charge is 2.15. The fourth-order valence-electron chi connectivity index (χ4n) is 2.87. The normalized spacial score (nSPS) is 15.9. The maximum absolute atomic E-state index is 12.2. The van der Waals surface area contributed by atoms with Gasteiger partial charge in [-0.15, -0.1) is 0 Å². The standard InChI is InChI=1S/C17H25ClN2O/c1-2-17(21)20(16-9-6-8-15(18)14-16)13-7-12-19-10-4-3-5-11-19/h6,8-9,14H,2-5,7,10-13H2,1H3. The van der Waals surface area contributed by atoms with E-state index in [0.29, 0.717) is 11.4 Å². The monoisotopic (exact) mass is 308 g/mol. The van der Waals surface area contributed by atoms with Gasteiger partial charge in [0.05, 0.1) is 0 Å². The van der Waals surface area contributed by atoms with Crippen LogP contribution in [-0.4, -0.2) is 37.0 Å². The van der Waals surface area contributed by atoms with Crippen LogP contribution in [0.15, 0.2) is 24.3 Å². The molecule has 1 amide bonds. The highest BCUT2D eigenvalue weighted by Crippen LogP contribution is 2.21. The molecule has 116 valence electrons. The van der Waals surface area contributed by atoms with Crippen LogP contribution in [0.4, 0.5) is 5.69 Å². The van der Waals surface area contributed by atoms with Gasteiger partial charge >= 0.3 is 0 Å². The van der Waals surface area contributed by atoms with Crippen LogP contribution >= 0.6 is 11.6 Å². The van der Waals surface area contributed by atoms with Gasteiger partial charge in [-0.25, -0.2) is 0 Å². The Kier molecular flexibility index (Phi) is 6.52. The fraction of sp³-hybridized carbons (Fsp3) is 0.588. The topological polar surface area (TPSA) is 23.6 Å². The molecule has 4 heteroatoms. The second-order valence-corrected chi connectivity index (χ2v) is 6.07. The fourth-order valence-corrected chi connectivity index (χ4v) is 3.05. The van der Waals surface area contributed by atoms with E-state index in [1.165, 1.54) is 32.4 Å². The van der Waals surface area contributed by atoms with E-state index in [1.807, 2.05) is 36.1 Å². The minimum atomic E-state index is 0.163. The summed E-state index contributed by atoms with van der Waals surface area (Å²) in [5, 5.41) is 0.678. The summed E-state index contributed by atoms with van der Waals surface area (Å²) in [6.45, 7) is 6.17. The number of piperidine rings is 1. The van der Waals surface area contributed by atoms with Gasteiger partial charge in [-0.2, -0.15) is 0 Å². The maximum atomic E-state index is 12.2. The molecule has 1 aliphatic heterocycles. The highest BCUT2D eigenvalue weighted by molar-refractivity contribution is 6.30. The lowest BCUT2D eigenvalue weighted by Gasteiger charge is -2.28. The van der Waals surface area contributed by atoms with Crippen LogP contribution in [0.5, 0.6) is 0 Å². The number of amides is 1. The molecule has 2 rings (SSSR count). The Morgan fingerprint density at radius 1 is 1.29 bits per heavy atom. The van der Waals surface area contributed by atoms with E-state index in [0.717, 1.165) is 25.2 Å². The van der Waals surface area contributed by atoms with Crippen molar-refractivity contribution < 1.29 is 4.79 Å². The Morgan fingerprint density at radius 2 is 2.05 bits per heavy atom. The average molecular weight is 309 g/mol. The molecule has 1 aromatic rings. The summed E-state index contributed by atoms with van der Waals surface area (Å²) in [4.78, 5) is 16.6. The molecule has 1 fully saturated rings. The van der Waals surface area contributed by atoms with Gasteiger partial charge < -0.3 is 9.80 Å². The molecule has 0 spiro atoms. The Morgan fingerprint density at radius 3 is 2.71 bits per heavy atom. The van der Waals surface area contributed by atoms with Crippen LogP contribution < -0.4 is 4.90 Å². The quantitative estimate of drug-likeness (QED) is 0.794. The summed E-state index contributed by atoms with van der Waals surface area (Å²) in [7, 11) is 0. The summed E-state index contributed by atoms with van der Waals surface area (Å²) >= 11 is 6.05. The van der Waals surface area contributed by atoms with Gasteiger partial charge in [0.2, 0.25) is 5.91 Å². The molecule has 1 aliphatic rings. The number of anilines is 1. The lowest BCUT2D eigenvalue weighted by molar-refractivity contribution is -0.118. The van der Waals surface area contributed by atoms with E-state index in [-0.39, 0.29) is 5.91 Å². The van der Waals surface area contributed by atoms with Gasteiger partial charge in [0.1, 0.15) is 0 Å². The molecule has 1 saturated heterocycles. The first kappa shape index (κ1) is 16.3. The third-order valence-corrected chi connectivity index (χ3v) is 4.26. The van der Waals surface area contributed by atoms with Crippen molar-refractivity contribution >= 4 is 23.2 Å². The molecule has 3 nitrogen and oxygen atoms in total. The van der Waals surface area contributed by atoms with E-state index < -0.39 is 0 Å². The van der Waals surface area contributed by atoms with Gasteiger partial charge in [-0.3, -0.25) is 4.79 Å². The largest absolute Gasteiger partial charge is 0.312 e. The zero-order valence-electron chi connectivity index (χ0n) is 12.9. The Balaban J connectivity index is 1.92. The number of carbonyl (C=O) groups excluding carboxylic acids is 1. The number of hydrogen-bond donors (Lipinski definition) is 0. The number of nitrogens with zero attached hydrogens (tertiary/aromatic N) is 2. The maximum Gasteiger partial charge on any atom is 0.226 e. The zero-order valence-corrected chi connectivity index (χ0v) is 13.6. The smallest absolute Gasteiger partial charge is 0.226 e. The number of benzene rings is 1. The van der Waals surface area contributed by atoms with Crippen molar-refractivity contribution in [2.45, 2.75) is 39.0 Å². The van der Waals surface area contributed by atoms with Crippen molar-refractivity contribution in [2.75, 3.05) is 31.1 Å². The number of hydrogen-bond acceptors (Lipinski definition) is 2. The first-order valence-electron chi connectivity index (χ1n) is 7.99. The lowest BCUT2D eigenvalue weighted by atomic mass is 10.1. The van der Waals surface area contributed by atoms with E-state index in [4.69, 9.17) is 11.6 Å². The van der Waals surface area contributed by atoms with Crippen molar-refractivity contribution in [3.05, 3.63) is 29.3 Å². The molecule has 0 atom stereocenters. The first-order chi connectivity index (χ1) is 10.2. The van der Waals surface area contributed by atoms with E-state index in [1.54, 1.807) is 0 Å². The molecule has 21 heavy (non-hydrogen) atoms. The highest BCUT2D eigenvalue weighted by atomic mass is 35.5. The van der Waals surface area contributed by atoms with Gasteiger partial charge in [-0.1, -0.05) is 31.0 Å². The molecule has 0 aromatic heterocycles. The minimum Gasteiger partial charge on any atom is -0.312 e. The summed E-state index contributed by atoms with van der Waals surface area (Å²) in [6, 6.07) is 7.57. The van der Waals surface area contributed by atoms with E-state index >= 15 is 0 Å². The van der Waals surface area contributed by atoms with Crippen molar-refractivity contribution in [1.82, 2.24) is 4.90 Å². The van der Waals surface area contributed by atoms with Crippen molar-refractivity contribution in [1.29, 1.82) is 0 Å². The minimum absolute atomic E-state index is 0.163. The van der Waals surface area contributed by atoms with Gasteiger partial charge in [-0.05, 0) is 57.1 Å². The molecule has 0 saturated carbocycles. The summed E-state index contributed by atoms with van der Waals surface area (Å²) in [5.41, 5.74) is 0.910. The third kappa shape index (κ3) is 5.01. The molecular weight excluding hydrogens is 284 g/mol. The Bertz CT molecular complexity index is 458. The second-order valence-electron chi connectivity index (χ2n) is 5.63. The van der Waals surface area contributed by atoms with Gasteiger partial charge in [0, 0.05) is 23.7 Å². The first-order valence-corrected chi connectivity index (χ1v) is 8.37. The summed E-state index contributed by atoms with van der Waals surface area (Å²) < 4.78 is 0. The van der Waals surface area contributed by atoms with E-state index in [2.05, 4.69) is 4.90 Å². The van der Waals surface area contributed by atoms with Crippen molar-refractivity contribution in [2.24, 2.45) is 0 Å². The predicted molar refractivity (Wildman–Crippen MR) is 89.0 cm³/mol. The molecule has 0 bridgehead atoms. The van der Waals surface area contributed by atoms with Crippen molar-refractivity contribution in [3.8, 4) is 0 Å². The van der Waals surface area contributed by atoms with E-state index in [9.17, 15) is 4.79 Å². The number of halogens is 1. The van der Waals surface area contributed by atoms with Crippen LogP contribution in [0, 0.1) is 0 Å².